The molecule has 0 aliphatic rings. The quantitative estimate of drug-likeness (QED) is 0.316. The van der Waals surface area contributed by atoms with Gasteiger partial charge in [-0.3, -0.25) is 19.7 Å². The van der Waals surface area contributed by atoms with Crippen molar-refractivity contribution in [1.29, 1.82) is 0 Å². The number of hydrogen-bond donors (Lipinski definition) is 2. The number of para-hydroxylation sites is 1. The number of H-pyrrole nitrogens is 1. The van der Waals surface area contributed by atoms with E-state index in [1.807, 2.05) is 19.1 Å². The molecule has 26 heavy (non-hydrogen) atoms. The van der Waals surface area contributed by atoms with E-state index in [0.717, 1.165) is 17.5 Å². The fourth-order valence-electron chi connectivity index (χ4n) is 2.86. The molecule has 1 aromatic heterocycles. The molecule has 7 heteroatoms. The van der Waals surface area contributed by atoms with Crippen molar-refractivity contribution >= 4 is 34.0 Å². The second-order valence-corrected chi connectivity index (χ2v) is 5.94. The third kappa shape index (κ3) is 3.06. The largest absolute Gasteiger partial charge is 0.360 e. The third-order valence-corrected chi connectivity index (χ3v) is 4.31. The number of nitrogens with zero attached hydrogens (tertiary/aromatic N) is 1. The fraction of sp³-hybridized carbons (Fsp3) is 0.158. The van der Waals surface area contributed by atoms with Crippen LogP contribution in [0.3, 0.4) is 0 Å². The summed E-state index contributed by atoms with van der Waals surface area (Å²) >= 11 is 0. The van der Waals surface area contributed by atoms with E-state index in [9.17, 15) is 19.7 Å². The van der Waals surface area contributed by atoms with Crippen LogP contribution >= 0.6 is 0 Å². The molecule has 0 fully saturated rings. The van der Waals surface area contributed by atoms with Crippen molar-refractivity contribution in [2.75, 3.05) is 5.32 Å². The van der Waals surface area contributed by atoms with E-state index in [2.05, 4.69) is 10.3 Å². The van der Waals surface area contributed by atoms with Gasteiger partial charge in [0.05, 0.1) is 16.2 Å². The predicted molar refractivity (Wildman–Crippen MR) is 98.5 cm³/mol. The summed E-state index contributed by atoms with van der Waals surface area (Å²) in [4.78, 5) is 38.4. The monoisotopic (exact) mass is 351 g/mol. The molecule has 1 amide bonds. The maximum atomic E-state index is 12.6. The van der Waals surface area contributed by atoms with Crippen molar-refractivity contribution in [2.24, 2.45) is 0 Å². The number of fused-ring (bicyclic) bond motifs is 1. The molecule has 132 valence electrons. The van der Waals surface area contributed by atoms with Crippen molar-refractivity contribution in [2.45, 2.75) is 20.3 Å². The van der Waals surface area contributed by atoms with Crippen LogP contribution in [-0.4, -0.2) is 21.6 Å². The summed E-state index contributed by atoms with van der Waals surface area (Å²) in [6.07, 6.45) is 2.32. The average Bonchev–Trinajstić information content (AvgIpc) is 3.06. The summed E-state index contributed by atoms with van der Waals surface area (Å²) in [6.45, 7) is 3.71. The standard InChI is InChI=1S/C19H17N3O4/c1-3-12-5-4-6-14-15(10-20-17(12)14)18(23)19(24)21-16-9-13(22(25)26)8-7-11(16)2/h4-10,20H,3H2,1-2H3,(H,21,24). The van der Waals surface area contributed by atoms with Crippen LogP contribution in [0.25, 0.3) is 10.9 Å². The molecule has 0 unspecified atom stereocenters. The van der Waals surface area contributed by atoms with Gasteiger partial charge in [-0.25, -0.2) is 0 Å². The topological polar surface area (TPSA) is 105 Å². The van der Waals surface area contributed by atoms with Gasteiger partial charge in [0, 0.05) is 29.2 Å². The van der Waals surface area contributed by atoms with Crippen molar-refractivity contribution in [3.63, 3.8) is 0 Å². The highest BCUT2D eigenvalue weighted by Gasteiger charge is 2.22. The highest BCUT2D eigenvalue weighted by Crippen LogP contribution is 2.25. The number of carbonyl (C=O) groups excluding carboxylic acids is 2. The van der Waals surface area contributed by atoms with Crippen molar-refractivity contribution in [3.05, 3.63) is 69.4 Å². The second kappa shape index (κ2) is 6.79. The Hall–Kier alpha value is -3.48. The minimum Gasteiger partial charge on any atom is -0.360 e. The zero-order chi connectivity index (χ0) is 18.8. The van der Waals surface area contributed by atoms with Crippen molar-refractivity contribution < 1.29 is 14.5 Å². The Bertz CT molecular complexity index is 1040. The molecule has 0 radical (unpaired) electrons. The summed E-state index contributed by atoms with van der Waals surface area (Å²) < 4.78 is 0. The van der Waals surface area contributed by atoms with Crippen LogP contribution < -0.4 is 5.32 Å². The highest BCUT2D eigenvalue weighted by molar-refractivity contribution is 6.48. The number of aryl methyl sites for hydroxylation is 2. The van der Waals surface area contributed by atoms with Gasteiger partial charge >= 0.3 is 0 Å². The number of nitro benzene ring substituents is 1. The predicted octanol–water partition coefficient (Wildman–Crippen LogP) is 3.77. The van der Waals surface area contributed by atoms with Gasteiger partial charge in [0.1, 0.15) is 0 Å². The maximum absolute atomic E-state index is 12.6. The van der Waals surface area contributed by atoms with E-state index >= 15 is 0 Å². The number of ketones is 1. The minimum atomic E-state index is -0.837. The summed E-state index contributed by atoms with van der Waals surface area (Å²) in [7, 11) is 0. The third-order valence-electron chi connectivity index (χ3n) is 4.31. The van der Waals surface area contributed by atoms with Gasteiger partial charge in [-0.15, -0.1) is 0 Å². The van der Waals surface area contributed by atoms with E-state index in [4.69, 9.17) is 0 Å². The molecular formula is C19H17N3O4. The molecule has 0 aliphatic carbocycles. The molecule has 3 rings (SSSR count). The van der Waals surface area contributed by atoms with E-state index in [0.29, 0.717) is 10.9 Å². The number of nitrogens with one attached hydrogen (secondary N) is 2. The number of Topliss-reactive ketones (excluding diaryl/α,β-unsaturated/α-hetero) is 1. The molecule has 3 aromatic rings. The lowest BCUT2D eigenvalue weighted by Gasteiger charge is -2.07. The Morgan fingerprint density at radius 3 is 2.69 bits per heavy atom. The minimum absolute atomic E-state index is 0.155. The molecule has 2 aromatic carbocycles. The van der Waals surface area contributed by atoms with Gasteiger partial charge in [0.25, 0.3) is 17.4 Å². The van der Waals surface area contributed by atoms with Crippen LogP contribution in [0, 0.1) is 17.0 Å². The van der Waals surface area contributed by atoms with Crippen LogP contribution in [0.4, 0.5) is 11.4 Å². The smallest absolute Gasteiger partial charge is 0.296 e. The second-order valence-electron chi connectivity index (χ2n) is 5.94. The van der Waals surface area contributed by atoms with Crippen LogP contribution in [0.15, 0.2) is 42.6 Å². The number of non-ortho nitro benzene ring substituents is 1. The molecule has 0 saturated carbocycles. The first-order chi connectivity index (χ1) is 12.4. The van der Waals surface area contributed by atoms with Crippen LogP contribution in [0.5, 0.6) is 0 Å². The van der Waals surface area contributed by atoms with E-state index < -0.39 is 16.6 Å². The molecule has 7 nitrogen and oxygen atoms in total. The van der Waals surface area contributed by atoms with Crippen LogP contribution in [0.2, 0.25) is 0 Å². The zero-order valence-corrected chi connectivity index (χ0v) is 14.3. The number of rotatable bonds is 5. The van der Waals surface area contributed by atoms with Gasteiger partial charge in [0.15, 0.2) is 0 Å². The Balaban J connectivity index is 1.91. The summed E-state index contributed by atoms with van der Waals surface area (Å²) in [5.41, 5.74) is 2.87. The molecule has 1 heterocycles. The number of benzene rings is 2. The summed E-state index contributed by atoms with van der Waals surface area (Å²) in [5.74, 6) is -1.54. The molecule has 0 bridgehead atoms. The van der Waals surface area contributed by atoms with E-state index in [-0.39, 0.29) is 16.9 Å². The van der Waals surface area contributed by atoms with Gasteiger partial charge in [-0.05, 0) is 24.5 Å². The maximum Gasteiger partial charge on any atom is 0.296 e. The Labute approximate surface area is 149 Å². The van der Waals surface area contributed by atoms with Gasteiger partial charge in [-0.1, -0.05) is 31.2 Å². The lowest BCUT2D eigenvalue weighted by molar-refractivity contribution is -0.384. The van der Waals surface area contributed by atoms with Crippen LogP contribution in [-0.2, 0) is 11.2 Å². The molecule has 0 atom stereocenters. The fourth-order valence-corrected chi connectivity index (χ4v) is 2.86. The number of amides is 1. The SMILES string of the molecule is CCc1cccc2c(C(=O)C(=O)Nc3cc([N+](=O)[O-])ccc3C)c[nH]c12. The highest BCUT2D eigenvalue weighted by atomic mass is 16.6. The number of anilines is 1. The normalized spacial score (nSPS) is 10.7. The van der Waals surface area contributed by atoms with Gasteiger partial charge in [0.2, 0.25) is 0 Å². The van der Waals surface area contributed by atoms with Crippen molar-refractivity contribution in [3.8, 4) is 0 Å². The lowest BCUT2D eigenvalue weighted by Crippen LogP contribution is -2.23. The molecular weight excluding hydrogens is 334 g/mol. The first kappa shape index (κ1) is 17.3. The summed E-state index contributed by atoms with van der Waals surface area (Å²) in [5, 5.41) is 14.1. The average molecular weight is 351 g/mol. The molecule has 0 aliphatic heterocycles. The molecule has 0 spiro atoms. The first-order valence-electron chi connectivity index (χ1n) is 8.12. The zero-order valence-electron chi connectivity index (χ0n) is 14.3. The van der Waals surface area contributed by atoms with E-state index in [1.54, 1.807) is 13.0 Å². The molecule has 2 N–H and O–H groups in total. The Morgan fingerprint density at radius 1 is 1.23 bits per heavy atom. The Kier molecular flexibility index (Phi) is 4.53. The lowest BCUT2D eigenvalue weighted by atomic mass is 10.0. The Morgan fingerprint density at radius 2 is 2.00 bits per heavy atom. The van der Waals surface area contributed by atoms with Crippen LogP contribution in [0.1, 0.15) is 28.4 Å². The number of aromatic nitrogens is 1. The van der Waals surface area contributed by atoms with Gasteiger partial charge in [-0.2, -0.15) is 0 Å². The van der Waals surface area contributed by atoms with E-state index in [1.165, 1.54) is 24.4 Å². The number of aromatic amines is 1. The number of carbonyl (C=O) groups is 2. The molecule has 0 saturated heterocycles. The van der Waals surface area contributed by atoms with Crippen molar-refractivity contribution in [1.82, 2.24) is 4.98 Å². The number of nitro groups is 1. The number of hydrogen-bond acceptors (Lipinski definition) is 4. The summed E-state index contributed by atoms with van der Waals surface area (Å²) in [6, 6.07) is 9.69. The first-order valence-corrected chi connectivity index (χ1v) is 8.12. The van der Waals surface area contributed by atoms with Gasteiger partial charge < -0.3 is 10.3 Å².